The van der Waals surface area contributed by atoms with E-state index in [1.165, 1.54) is 10.6 Å². The van der Waals surface area contributed by atoms with Gasteiger partial charge in [-0.25, -0.2) is 4.39 Å². The van der Waals surface area contributed by atoms with E-state index in [2.05, 4.69) is 5.10 Å². The second-order valence-electron chi connectivity index (χ2n) is 7.32. The maximum Gasteiger partial charge on any atom is 0.258 e. The van der Waals surface area contributed by atoms with Crippen LogP contribution in [0.25, 0.3) is 16.8 Å². The third-order valence-corrected chi connectivity index (χ3v) is 4.98. The number of benzene rings is 2. The van der Waals surface area contributed by atoms with Gasteiger partial charge in [0.2, 0.25) is 6.86 Å². The molecule has 0 fully saturated rings. The fraction of sp³-hybridized carbons (Fsp3) is 0.200. The fourth-order valence-corrected chi connectivity index (χ4v) is 3.32. The van der Waals surface area contributed by atoms with E-state index in [4.69, 9.17) is 18.9 Å². The maximum atomic E-state index is 13.0. The summed E-state index contributed by atoms with van der Waals surface area (Å²) in [6, 6.07) is 15.1. The third-order valence-electron chi connectivity index (χ3n) is 4.98. The standard InChI is InChI=1S/C25H24FN3O5/c1-28-15-18(14-27-28)23-16-29(19-3-5-21(6-4-19)33-17-26)25(30)13-24(23)34-22-9-7-20(8-10-22)32-12-11-31-2/h3-10,13-16H,11-12,17H2,1-2H3. The quantitative estimate of drug-likeness (QED) is 0.324. The maximum absolute atomic E-state index is 13.0. The lowest BCUT2D eigenvalue weighted by atomic mass is 10.1. The molecule has 0 spiro atoms. The number of ether oxygens (including phenoxy) is 4. The van der Waals surface area contributed by atoms with E-state index < -0.39 is 6.86 Å². The predicted octanol–water partition coefficient (Wildman–Crippen LogP) is 4.36. The van der Waals surface area contributed by atoms with Crippen molar-refractivity contribution in [2.75, 3.05) is 27.2 Å². The van der Waals surface area contributed by atoms with Crippen molar-refractivity contribution in [3.05, 3.63) is 83.5 Å². The van der Waals surface area contributed by atoms with Crippen molar-refractivity contribution in [1.29, 1.82) is 0 Å². The normalized spacial score (nSPS) is 10.8. The molecule has 0 aliphatic rings. The number of methoxy groups -OCH3 is 1. The molecule has 2 aromatic carbocycles. The number of pyridine rings is 1. The van der Waals surface area contributed by atoms with E-state index in [1.807, 2.05) is 13.2 Å². The van der Waals surface area contributed by atoms with E-state index >= 15 is 0 Å². The number of aromatic nitrogens is 3. The molecule has 4 aromatic rings. The topological polar surface area (TPSA) is 76.7 Å². The monoisotopic (exact) mass is 465 g/mol. The molecule has 2 aromatic heterocycles. The van der Waals surface area contributed by atoms with E-state index in [-0.39, 0.29) is 5.56 Å². The summed E-state index contributed by atoms with van der Waals surface area (Å²) in [6.45, 7) is 0.0202. The molecular weight excluding hydrogens is 441 g/mol. The van der Waals surface area contributed by atoms with Crippen LogP contribution in [0.3, 0.4) is 0 Å². The summed E-state index contributed by atoms with van der Waals surface area (Å²) in [5, 5.41) is 4.24. The first-order chi connectivity index (χ1) is 16.6. The minimum absolute atomic E-state index is 0.290. The van der Waals surface area contributed by atoms with Gasteiger partial charge in [-0.05, 0) is 48.5 Å². The summed E-state index contributed by atoms with van der Waals surface area (Å²) in [5.41, 5.74) is 1.77. The molecule has 0 N–H and O–H groups in total. The number of alkyl halides is 1. The van der Waals surface area contributed by atoms with Gasteiger partial charge in [0.15, 0.2) is 0 Å². The zero-order valence-electron chi connectivity index (χ0n) is 18.8. The molecule has 2 heterocycles. The van der Waals surface area contributed by atoms with Gasteiger partial charge in [0, 0.05) is 49.4 Å². The van der Waals surface area contributed by atoms with E-state index in [1.54, 1.807) is 72.7 Å². The van der Waals surface area contributed by atoms with Gasteiger partial charge in [-0.15, -0.1) is 0 Å². The lowest BCUT2D eigenvalue weighted by Crippen LogP contribution is -2.17. The van der Waals surface area contributed by atoms with E-state index in [9.17, 15) is 9.18 Å². The van der Waals surface area contributed by atoms with Crippen LogP contribution in [0.2, 0.25) is 0 Å². The third kappa shape index (κ3) is 5.44. The Hall–Kier alpha value is -4.11. The van der Waals surface area contributed by atoms with Crippen LogP contribution in [0, 0.1) is 0 Å². The zero-order valence-corrected chi connectivity index (χ0v) is 18.8. The highest BCUT2D eigenvalue weighted by molar-refractivity contribution is 5.69. The molecule has 0 amide bonds. The summed E-state index contributed by atoms with van der Waals surface area (Å²) in [7, 11) is 3.43. The predicted molar refractivity (Wildman–Crippen MR) is 125 cm³/mol. The van der Waals surface area contributed by atoms with Crippen molar-refractivity contribution >= 4 is 0 Å². The Kier molecular flexibility index (Phi) is 7.24. The number of nitrogens with zero attached hydrogens (tertiary/aromatic N) is 3. The lowest BCUT2D eigenvalue weighted by Gasteiger charge is -2.14. The second kappa shape index (κ2) is 10.7. The van der Waals surface area contributed by atoms with Gasteiger partial charge in [0.05, 0.1) is 12.8 Å². The summed E-state index contributed by atoms with van der Waals surface area (Å²) in [5.74, 6) is 2.00. The van der Waals surface area contributed by atoms with Crippen molar-refractivity contribution in [3.63, 3.8) is 0 Å². The van der Waals surface area contributed by atoms with Crippen LogP contribution in [-0.2, 0) is 11.8 Å². The number of hydrogen-bond acceptors (Lipinski definition) is 6. The van der Waals surface area contributed by atoms with Crippen molar-refractivity contribution in [1.82, 2.24) is 14.3 Å². The molecule has 8 nitrogen and oxygen atoms in total. The van der Waals surface area contributed by atoms with Gasteiger partial charge in [0.1, 0.15) is 29.6 Å². The van der Waals surface area contributed by atoms with Gasteiger partial charge in [-0.1, -0.05) is 0 Å². The minimum atomic E-state index is -0.920. The van der Waals surface area contributed by atoms with Crippen molar-refractivity contribution in [2.45, 2.75) is 0 Å². The van der Waals surface area contributed by atoms with Crippen LogP contribution in [0.1, 0.15) is 0 Å². The molecule has 176 valence electrons. The number of halogens is 1. The first-order valence-electron chi connectivity index (χ1n) is 10.5. The molecule has 0 atom stereocenters. The average Bonchev–Trinajstić information content (AvgIpc) is 3.27. The highest BCUT2D eigenvalue weighted by Crippen LogP contribution is 2.33. The van der Waals surface area contributed by atoms with Crippen molar-refractivity contribution < 1.29 is 23.3 Å². The molecule has 34 heavy (non-hydrogen) atoms. The Morgan fingerprint density at radius 1 is 0.912 bits per heavy atom. The Bertz CT molecular complexity index is 1280. The molecule has 4 rings (SSSR count). The van der Waals surface area contributed by atoms with Crippen LogP contribution >= 0.6 is 0 Å². The minimum Gasteiger partial charge on any atom is -0.491 e. The van der Waals surface area contributed by atoms with Crippen LogP contribution < -0.4 is 19.8 Å². The fourth-order valence-electron chi connectivity index (χ4n) is 3.32. The first-order valence-corrected chi connectivity index (χ1v) is 10.5. The van der Waals surface area contributed by atoms with Crippen LogP contribution in [-0.4, -0.2) is 41.5 Å². The van der Waals surface area contributed by atoms with Gasteiger partial charge in [0.25, 0.3) is 5.56 Å². The molecule has 0 unspecified atom stereocenters. The number of rotatable bonds is 10. The SMILES string of the molecule is COCCOc1ccc(Oc2cc(=O)n(-c3ccc(OCF)cc3)cc2-c2cnn(C)c2)cc1. The second-order valence-corrected chi connectivity index (χ2v) is 7.32. The molecule has 9 heteroatoms. The zero-order chi connectivity index (χ0) is 23.9. The van der Waals surface area contributed by atoms with Crippen molar-refractivity contribution in [2.24, 2.45) is 7.05 Å². The number of hydrogen-bond donors (Lipinski definition) is 0. The first kappa shape index (κ1) is 23.1. The number of aryl methyl sites for hydroxylation is 1. The summed E-state index contributed by atoms with van der Waals surface area (Å²) < 4.78 is 37.1. The van der Waals surface area contributed by atoms with Gasteiger partial charge in [-0.2, -0.15) is 5.10 Å². The van der Waals surface area contributed by atoms with Crippen LogP contribution in [0.4, 0.5) is 4.39 Å². The summed E-state index contributed by atoms with van der Waals surface area (Å²) in [4.78, 5) is 13.0. The largest absolute Gasteiger partial charge is 0.491 e. The highest BCUT2D eigenvalue weighted by Gasteiger charge is 2.14. The molecule has 0 aliphatic carbocycles. The Morgan fingerprint density at radius 3 is 2.24 bits per heavy atom. The van der Waals surface area contributed by atoms with E-state index in [0.29, 0.717) is 47.5 Å². The Morgan fingerprint density at radius 2 is 1.59 bits per heavy atom. The molecule has 0 saturated heterocycles. The van der Waals surface area contributed by atoms with Crippen LogP contribution in [0.5, 0.6) is 23.0 Å². The molecule has 0 radical (unpaired) electrons. The lowest BCUT2D eigenvalue weighted by molar-refractivity contribution is 0.146. The molecular formula is C25H24FN3O5. The Balaban J connectivity index is 1.67. The Labute approximate surface area is 195 Å². The van der Waals surface area contributed by atoms with E-state index in [0.717, 1.165) is 5.56 Å². The molecule has 0 aliphatic heterocycles. The summed E-state index contributed by atoms with van der Waals surface area (Å²) in [6.07, 6.45) is 5.23. The average molecular weight is 465 g/mol. The van der Waals surface area contributed by atoms with Crippen molar-refractivity contribution in [3.8, 4) is 39.8 Å². The molecule has 0 bridgehead atoms. The van der Waals surface area contributed by atoms with Gasteiger partial charge < -0.3 is 18.9 Å². The van der Waals surface area contributed by atoms with Gasteiger partial charge in [-0.3, -0.25) is 14.0 Å². The van der Waals surface area contributed by atoms with Crippen LogP contribution in [0.15, 0.2) is 78.0 Å². The molecule has 0 saturated carbocycles. The van der Waals surface area contributed by atoms with Gasteiger partial charge >= 0.3 is 0 Å². The summed E-state index contributed by atoms with van der Waals surface area (Å²) >= 11 is 0. The smallest absolute Gasteiger partial charge is 0.258 e. The highest BCUT2D eigenvalue weighted by atomic mass is 19.1.